The van der Waals surface area contributed by atoms with Crippen LogP contribution in [0.1, 0.15) is 28.4 Å². The summed E-state index contributed by atoms with van der Waals surface area (Å²) in [7, 11) is 0. The lowest BCUT2D eigenvalue weighted by atomic mass is 10.1. The number of fused-ring (bicyclic) bond motifs is 1. The van der Waals surface area contributed by atoms with Gasteiger partial charge in [0.2, 0.25) is 0 Å². The summed E-state index contributed by atoms with van der Waals surface area (Å²) in [6, 6.07) is 19.3. The maximum absolute atomic E-state index is 13.2. The predicted molar refractivity (Wildman–Crippen MR) is 121 cm³/mol. The quantitative estimate of drug-likeness (QED) is 0.407. The monoisotopic (exact) mass is 449 g/mol. The molecule has 1 aliphatic heterocycles. The number of aromatic nitrogens is 2. The number of thioether (sulfide) groups is 1. The number of hydrogen-bond donors (Lipinski definition) is 0. The molecule has 164 valence electrons. The average Bonchev–Trinajstić information content (AvgIpc) is 3.29. The molecule has 0 aliphatic carbocycles. The Morgan fingerprint density at radius 2 is 1.66 bits per heavy atom. The van der Waals surface area contributed by atoms with Crippen molar-refractivity contribution in [1.82, 2.24) is 14.5 Å². The number of benzene rings is 2. The Balaban J connectivity index is 1.51. The molecular formula is C24H23N3O4S. The molecule has 0 radical (unpaired) electrons. The lowest BCUT2D eigenvalue weighted by molar-refractivity contribution is -0.141. The summed E-state index contributed by atoms with van der Waals surface area (Å²) in [5.41, 5.74) is 1.34. The summed E-state index contributed by atoms with van der Waals surface area (Å²) in [4.78, 5) is 44.3. The Labute approximate surface area is 190 Å². The molecule has 0 saturated heterocycles. The van der Waals surface area contributed by atoms with Crippen molar-refractivity contribution in [3.63, 3.8) is 0 Å². The minimum atomic E-state index is -1.05. The third kappa shape index (κ3) is 4.91. The standard InChI is InChI=1S/C24H23N3O4S/c1-17(31-23(30)20-14-25-24-27(22(20)29)12-13-32-24)21(28)26(15-18-8-4-2-5-9-18)16-19-10-6-3-7-11-19/h2-11,14,17H,12-13,15-16H2,1H3/t17-/m1/s1. The van der Waals surface area contributed by atoms with E-state index in [1.807, 2.05) is 60.7 Å². The molecule has 3 aromatic rings. The van der Waals surface area contributed by atoms with Crippen molar-refractivity contribution < 1.29 is 14.3 Å². The topological polar surface area (TPSA) is 81.5 Å². The molecule has 0 spiro atoms. The second-order valence-corrected chi connectivity index (χ2v) is 8.53. The second-order valence-electron chi connectivity index (χ2n) is 7.47. The van der Waals surface area contributed by atoms with Gasteiger partial charge in [-0.1, -0.05) is 72.4 Å². The lowest BCUT2D eigenvalue weighted by Gasteiger charge is -2.26. The molecule has 0 saturated carbocycles. The highest BCUT2D eigenvalue weighted by Crippen LogP contribution is 2.21. The third-order valence-electron chi connectivity index (χ3n) is 5.15. The number of hydrogen-bond acceptors (Lipinski definition) is 6. The molecule has 32 heavy (non-hydrogen) atoms. The SMILES string of the molecule is C[C@@H](OC(=O)c1cnc2n(c1=O)CCS2)C(=O)N(Cc1ccccc1)Cc1ccccc1. The molecule has 1 aliphatic rings. The van der Waals surface area contributed by atoms with E-state index < -0.39 is 17.6 Å². The summed E-state index contributed by atoms with van der Waals surface area (Å²) in [6.45, 7) is 2.77. The zero-order valence-corrected chi connectivity index (χ0v) is 18.5. The van der Waals surface area contributed by atoms with Gasteiger partial charge in [0, 0.05) is 25.4 Å². The van der Waals surface area contributed by atoms with Gasteiger partial charge in [0.05, 0.1) is 6.20 Å². The van der Waals surface area contributed by atoms with Crippen molar-refractivity contribution in [1.29, 1.82) is 0 Å². The normalized spacial score (nSPS) is 13.3. The maximum Gasteiger partial charge on any atom is 0.346 e. The van der Waals surface area contributed by atoms with Gasteiger partial charge < -0.3 is 9.64 Å². The number of carbonyl (C=O) groups excluding carboxylic acids is 2. The first-order valence-corrected chi connectivity index (χ1v) is 11.3. The molecule has 8 heteroatoms. The average molecular weight is 450 g/mol. The van der Waals surface area contributed by atoms with Crippen LogP contribution in [0.5, 0.6) is 0 Å². The number of carbonyl (C=O) groups is 2. The largest absolute Gasteiger partial charge is 0.449 e. The van der Waals surface area contributed by atoms with Gasteiger partial charge in [0.1, 0.15) is 5.56 Å². The first-order valence-electron chi connectivity index (χ1n) is 10.3. The molecule has 0 N–H and O–H groups in total. The molecule has 1 amide bonds. The summed E-state index contributed by atoms with van der Waals surface area (Å²) < 4.78 is 6.87. The van der Waals surface area contributed by atoms with E-state index in [9.17, 15) is 14.4 Å². The molecule has 1 atom stereocenters. The third-order valence-corrected chi connectivity index (χ3v) is 6.12. The van der Waals surface area contributed by atoms with E-state index in [-0.39, 0.29) is 11.5 Å². The van der Waals surface area contributed by atoms with Crippen molar-refractivity contribution in [3.05, 3.63) is 93.9 Å². The number of nitrogens with zero attached hydrogens (tertiary/aromatic N) is 3. The smallest absolute Gasteiger partial charge is 0.346 e. The predicted octanol–water partition coefficient (Wildman–Crippen LogP) is 3.12. The van der Waals surface area contributed by atoms with E-state index in [4.69, 9.17) is 4.74 Å². The van der Waals surface area contributed by atoms with Gasteiger partial charge in [-0.15, -0.1) is 0 Å². The molecule has 0 bridgehead atoms. The Kier molecular flexibility index (Phi) is 6.70. The van der Waals surface area contributed by atoms with E-state index in [2.05, 4.69) is 4.98 Å². The van der Waals surface area contributed by atoms with Crippen LogP contribution in [-0.4, -0.2) is 38.2 Å². The fourth-order valence-corrected chi connectivity index (χ4v) is 4.42. The molecule has 0 fully saturated rings. The molecular weight excluding hydrogens is 426 g/mol. The van der Waals surface area contributed by atoms with E-state index in [1.54, 1.807) is 4.90 Å². The fourth-order valence-electron chi connectivity index (χ4n) is 3.51. The summed E-state index contributed by atoms with van der Waals surface area (Å²) in [5, 5.41) is 0.590. The van der Waals surface area contributed by atoms with E-state index >= 15 is 0 Å². The van der Waals surface area contributed by atoms with Gasteiger partial charge >= 0.3 is 5.97 Å². The Hall–Kier alpha value is -3.39. The van der Waals surface area contributed by atoms with Gasteiger partial charge in [-0.25, -0.2) is 9.78 Å². The zero-order valence-electron chi connectivity index (χ0n) is 17.6. The van der Waals surface area contributed by atoms with Crippen LogP contribution in [0.2, 0.25) is 0 Å². The Morgan fingerprint density at radius 1 is 1.06 bits per heavy atom. The zero-order chi connectivity index (χ0) is 22.5. The first-order chi connectivity index (χ1) is 15.5. The van der Waals surface area contributed by atoms with Crippen LogP contribution in [0.25, 0.3) is 0 Å². The molecule has 0 unspecified atom stereocenters. The van der Waals surface area contributed by atoms with Gasteiger partial charge in [0.15, 0.2) is 11.3 Å². The highest BCUT2D eigenvalue weighted by Gasteiger charge is 2.27. The van der Waals surface area contributed by atoms with Crippen molar-refractivity contribution >= 4 is 23.6 Å². The number of rotatable bonds is 7. The van der Waals surface area contributed by atoms with Gasteiger partial charge in [0.25, 0.3) is 11.5 Å². The summed E-state index contributed by atoms with van der Waals surface area (Å²) in [6.07, 6.45) is 0.180. The molecule has 2 aromatic carbocycles. The second kappa shape index (κ2) is 9.82. The maximum atomic E-state index is 13.2. The van der Waals surface area contributed by atoms with E-state index in [0.717, 1.165) is 16.9 Å². The van der Waals surface area contributed by atoms with E-state index in [1.165, 1.54) is 29.4 Å². The minimum absolute atomic E-state index is 0.159. The van der Waals surface area contributed by atoms with Crippen LogP contribution in [0, 0.1) is 0 Å². The van der Waals surface area contributed by atoms with Gasteiger partial charge in [-0.3, -0.25) is 14.2 Å². The van der Waals surface area contributed by atoms with Crippen molar-refractivity contribution in [2.75, 3.05) is 5.75 Å². The number of amides is 1. The van der Waals surface area contributed by atoms with Crippen molar-refractivity contribution in [2.45, 2.75) is 37.8 Å². The van der Waals surface area contributed by atoms with E-state index in [0.29, 0.717) is 24.8 Å². The van der Waals surface area contributed by atoms with Gasteiger partial charge in [-0.2, -0.15) is 0 Å². The number of ether oxygens (including phenoxy) is 1. The number of esters is 1. The molecule has 4 rings (SSSR count). The Bertz CT molecular complexity index is 1120. The first kappa shape index (κ1) is 21.8. The van der Waals surface area contributed by atoms with Crippen LogP contribution in [-0.2, 0) is 29.2 Å². The van der Waals surface area contributed by atoms with Gasteiger partial charge in [-0.05, 0) is 18.1 Å². The lowest BCUT2D eigenvalue weighted by Crippen LogP contribution is -2.40. The fraction of sp³-hybridized carbons (Fsp3) is 0.250. The molecule has 1 aromatic heterocycles. The van der Waals surface area contributed by atoms with Crippen molar-refractivity contribution in [3.8, 4) is 0 Å². The Morgan fingerprint density at radius 3 is 2.25 bits per heavy atom. The highest BCUT2D eigenvalue weighted by atomic mass is 32.2. The van der Waals surface area contributed by atoms with Crippen LogP contribution < -0.4 is 5.56 Å². The van der Waals surface area contributed by atoms with Crippen LogP contribution in [0.15, 0.2) is 76.8 Å². The molecule has 7 nitrogen and oxygen atoms in total. The summed E-state index contributed by atoms with van der Waals surface area (Å²) >= 11 is 1.47. The summed E-state index contributed by atoms with van der Waals surface area (Å²) in [5.74, 6) is -0.436. The minimum Gasteiger partial charge on any atom is -0.449 e. The van der Waals surface area contributed by atoms with Crippen LogP contribution in [0.4, 0.5) is 0 Å². The highest BCUT2D eigenvalue weighted by molar-refractivity contribution is 7.99. The van der Waals surface area contributed by atoms with Crippen LogP contribution >= 0.6 is 11.8 Å². The molecule has 2 heterocycles. The van der Waals surface area contributed by atoms with Crippen LogP contribution in [0.3, 0.4) is 0 Å². The van der Waals surface area contributed by atoms with Crippen molar-refractivity contribution in [2.24, 2.45) is 0 Å².